The molecule has 0 heterocycles. The molecule has 0 aliphatic rings. The molecule has 21 heavy (non-hydrogen) atoms. The van der Waals surface area contributed by atoms with Crippen molar-refractivity contribution in [2.45, 2.75) is 17.9 Å². The molecule has 3 nitrogen and oxygen atoms in total. The van der Waals surface area contributed by atoms with Crippen molar-refractivity contribution in [2.75, 3.05) is 12.4 Å². The molecule has 0 radical (unpaired) electrons. The van der Waals surface area contributed by atoms with E-state index in [0.717, 1.165) is 27.1 Å². The fraction of sp³-hybridized carbons (Fsp3) is 0.250. The van der Waals surface area contributed by atoms with Crippen LogP contribution in [0.1, 0.15) is 12.0 Å². The molecule has 0 aliphatic heterocycles. The lowest BCUT2D eigenvalue weighted by atomic mass is 10.2. The van der Waals surface area contributed by atoms with Crippen molar-refractivity contribution in [3.8, 4) is 5.75 Å². The summed E-state index contributed by atoms with van der Waals surface area (Å²) in [7, 11) is -0.982. The first-order valence-electron chi connectivity index (χ1n) is 6.75. The third-order valence-corrected chi connectivity index (χ3v) is 4.99. The van der Waals surface area contributed by atoms with Gasteiger partial charge in [0.25, 0.3) is 0 Å². The molecule has 2 rings (SSSR count). The van der Waals surface area contributed by atoms with Gasteiger partial charge in [0, 0.05) is 27.2 Å². The van der Waals surface area contributed by atoms with Crippen LogP contribution in [0.25, 0.3) is 0 Å². The quantitative estimate of drug-likeness (QED) is 0.762. The highest BCUT2D eigenvalue weighted by Gasteiger charge is 2.05. The maximum Gasteiger partial charge on any atom is 0.123 e. The second-order valence-corrected chi connectivity index (χ2v) is 7.00. The third-order valence-electron chi connectivity index (χ3n) is 3.00. The number of hydrogen-bond acceptors (Lipinski definition) is 3. The van der Waals surface area contributed by atoms with Gasteiger partial charge >= 0.3 is 0 Å². The van der Waals surface area contributed by atoms with Gasteiger partial charge in [0.05, 0.1) is 17.4 Å². The summed E-state index contributed by atoms with van der Waals surface area (Å²) in [5.74, 6) is 1.40. The first-order valence-corrected chi connectivity index (χ1v) is 8.86. The molecule has 1 unspecified atom stereocenters. The summed E-state index contributed by atoms with van der Waals surface area (Å²) in [4.78, 5) is 0.848. The van der Waals surface area contributed by atoms with Gasteiger partial charge in [0.15, 0.2) is 0 Å². The number of ether oxygens (including phenoxy) is 1. The largest absolute Gasteiger partial charge is 0.493 e. The van der Waals surface area contributed by atoms with Gasteiger partial charge in [-0.2, -0.15) is 0 Å². The maximum atomic E-state index is 12.1. The molecule has 5 heteroatoms. The Hall–Kier alpha value is -1.17. The predicted octanol–water partition coefficient (Wildman–Crippen LogP) is 3.48. The fourth-order valence-electron chi connectivity index (χ4n) is 1.89. The summed E-state index contributed by atoms with van der Waals surface area (Å²) in [6.07, 6.45) is 0.738. The molecule has 0 bridgehead atoms. The number of para-hydroxylation sites is 1. The van der Waals surface area contributed by atoms with Crippen LogP contribution in [-0.4, -0.2) is 16.6 Å². The lowest BCUT2D eigenvalue weighted by Crippen LogP contribution is -2.07. The summed E-state index contributed by atoms with van der Waals surface area (Å²) in [5, 5.41) is 0. The highest BCUT2D eigenvalue weighted by Crippen LogP contribution is 2.18. The van der Waals surface area contributed by atoms with Crippen LogP contribution in [0.5, 0.6) is 5.75 Å². The van der Waals surface area contributed by atoms with Gasteiger partial charge in [0.2, 0.25) is 0 Å². The second-order valence-electron chi connectivity index (χ2n) is 4.52. The number of rotatable bonds is 7. The summed E-state index contributed by atoms with van der Waals surface area (Å²) in [6, 6.07) is 15.3. The lowest BCUT2D eigenvalue weighted by molar-refractivity contribution is 0.315. The molecule has 0 aromatic heterocycles. The second kappa shape index (κ2) is 8.32. The Bertz CT molecular complexity index is 601. The van der Waals surface area contributed by atoms with Crippen molar-refractivity contribution in [3.05, 3.63) is 58.6 Å². The third kappa shape index (κ3) is 4.95. The molecular formula is C16H18BrNO2S. The van der Waals surface area contributed by atoms with Crippen molar-refractivity contribution in [1.29, 1.82) is 0 Å². The van der Waals surface area contributed by atoms with Gasteiger partial charge in [0.1, 0.15) is 5.75 Å². The summed E-state index contributed by atoms with van der Waals surface area (Å²) < 4.78 is 18.8. The Kier molecular flexibility index (Phi) is 6.42. The van der Waals surface area contributed by atoms with Crippen LogP contribution in [0.2, 0.25) is 0 Å². The van der Waals surface area contributed by atoms with Crippen LogP contribution in [-0.2, 0) is 17.3 Å². The number of nitrogens with two attached hydrogens (primary N) is 1. The van der Waals surface area contributed by atoms with Gasteiger partial charge in [-0.05, 0) is 36.8 Å². The molecule has 0 aliphatic carbocycles. The predicted molar refractivity (Wildman–Crippen MR) is 89.9 cm³/mol. The van der Waals surface area contributed by atoms with Crippen molar-refractivity contribution < 1.29 is 8.95 Å². The van der Waals surface area contributed by atoms with Crippen molar-refractivity contribution in [3.63, 3.8) is 0 Å². The van der Waals surface area contributed by atoms with Crippen LogP contribution >= 0.6 is 15.9 Å². The Morgan fingerprint density at radius 3 is 2.52 bits per heavy atom. The smallest absolute Gasteiger partial charge is 0.123 e. The van der Waals surface area contributed by atoms with E-state index < -0.39 is 10.8 Å². The first kappa shape index (κ1) is 16.2. The highest BCUT2D eigenvalue weighted by atomic mass is 79.9. The molecule has 2 aromatic rings. The number of hydrogen-bond donors (Lipinski definition) is 1. The van der Waals surface area contributed by atoms with E-state index in [2.05, 4.69) is 15.9 Å². The average molecular weight is 368 g/mol. The summed E-state index contributed by atoms with van der Waals surface area (Å²) >= 11 is 3.37. The van der Waals surface area contributed by atoms with Gasteiger partial charge in [-0.25, -0.2) is 0 Å². The molecule has 1 atom stereocenters. The zero-order valence-corrected chi connectivity index (χ0v) is 14.0. The first-order chi connectivity index (χ1) is 10.2. The normalized spacial score (nSPS) is 12.1. The molecule has 0 fully saturated rings. The van der Waals surface area contributed by atoms with Gasteiger partial charge in [-0.1, -0.05) is 34.1 Å². The SMILES string of the molecule is NCc1ccccc1OCCCS(=O)c1ccc(Br)cc1. The molecule has 0 spiro atoms. The maximum absolute atomic E-state index is 12.1. The van der Waals surface area contributed by atoms with Crippen molar-refractivity contribution >= 4 is 26.7 Å². The van der Waals surface area contributed by atoms with Crippen molar-refractivity contribution in [1.82, 2.24) is 0 Å². The van der Waals surface area contributed by atoms with Crippen LogP contribution in [0.15, 0.2) is 57.9 Å². The van der Waals surface area contributed by atoms with Crippen LogP contribution in [0.3, 0.4) is 0 Å². The topological polar surface area (TPSA) is 52.3 Å². The lowest BCUT2D eigenvalue weighted by Gasteiger charge is -2.10. The molecular weight excluding hydrogens is 350 g/mol. The Labute approximate surface area is 136 Å². The zero-order valence-electron chi connectivity index (χ0n) is 11.6. The molecule has 112 valence electrons. The Balaban J connectivity index is 1.79. The molecule has 0 amide bonds. The van der Waals surface area contributed by atoms with E-state index in [9.17, 15) is 4.21 Å². The van der Waals surface area contributed by atoms with Crippen LogP contribution < -0.4 is 10.5 Å². The minimum atomic E-state index is -0.982. The van der Waals surface area contributed by atoms with E-state index in [1.165, 1.54) is 0 Å². The van der Waals surface area contributed by atoms with Crippen LogP contribution in [0.4, 0.5) is 0 Å². The monoisotopic (exact) mass is 367 g/mol. The standard InChI is InChI=1S/C16H18BrNO2S/c17-14-6-8-15(9-7-14)21(19)11-3-10-20-16-5-2-1-4-13(16)12-18/h1-2,4-9H,3,10-12,18H2. The van der Waals surface area contributed by atoms with Crippen LogP contribution in [0, 0.1) is 0 Å². The highest BCUT2D eigenvalue weighted by molar-refractivity contribution is 9.10. The van der Waals surface area contributed by atoms with E-state index in [-0.39, 0.29) is 0 Å². The fourth-order valence-corrected chi connectivity index (χ4v) is 3.21. The minimum absolute atomic E-state index is 0.459. The molecule has 0 saturated heterocycles. The van der Waals surface area contributed by atoms with Gasteiger partial charge in [-0.15, -0.1) is 0 Å². The summed E-state index contributed by atoms with van der Waals surface area (Å²) in [6.45, 7) is 1.00. The molecule has 2 aromatic carbocycles. The van der Waals surface area contributed by atoms with Crippen molar-refractivity contribution in [2.24, 2.45) is 5.73 Å². The van der Waals surface area contributed by atoms with E-state index in [0.29, 0.717) is 18.9 Å². The van der Waals surface area contributed by atoms with E-state index in [1.807, 2.05) is 48.5 Å². The Morgan fingerprint density at radius 2 is 1.81 bits per heavy atom. The average Bonchev–Trinajstić information content (AvgIpc) is 2.52. The summed E-state index contributed by atoms with van der Waals surface area (Å²) in [5.41, 5.74) is 6.65. The van der Waals surface area contributed by atoms with Gasteiger partial charge in [-0.3, -0.25) is 4.21 Å². The minimum Gasteiger partial charge on any atom is -0.493 e. The molecule has 0 saturated carbocycles. The number of halogens is 1. The molecule has 2 N–H and O–H groups in total. The zero-order chi connectivity index (χ0) is 15.1. The van der Waals surface area contributed by atoms with E-state index in [4.69, 9.17) is 10.5 Å². The van der Waals surface area contributed by atoms with E-state index in [1.54, 1.807) is 0 Å². The number of benzene rings is 2. The Morgan fingerprint density at radius 1 is 1.10 bits per heavy atom. The van der Waals surface area contributed by atoms with Gasteiger partial charge < -0.3 is 10.5 Å². The van der Waals surface area contributed by atoms with E-state index >= 15 is 0 Å².